The van der Waals surface area contributed by atoms with Crippen LogP contribution in [0, 0.1) is 5.92 Å². The lowest BCUT2D eigenvalue weighted by molar-refractivity contribution is 0.337. The van der Waals surface area contributed by atoms with Crippen molar-refractivity contribution < 1.29 is 0 Å². The number of benzene rings is 1. The van der Waals surface area contributed by atoms with Gasteiger partial charge in [-0.2, -0.15) is 5.10 Å². The van der Waals surface area contributed by atoms with Crippen LogP contribution in [-0.4, -0.2) is 27.9 Å². The summed E-state index contributed by atoms with van der Waals surface area (Å²) >= 11 is 0. The first kappa shape index (κ1) is 10.5. The third-order valence-corrected chi connectivity index (χ3v) is 3.22. The molecule has 0 aliphatic carbocycles. The molecule has 1 aliphatic heterocycles. The van der Waals surface area contributed by atoms with Gasteiger partial charge in [-0.25, -0.2) is 4.98 Å². The van der Waals surface area contributed by atoms with Gasteiger partial charge in [-0.05, 0) is 19.0 Å². The Bertz CT molecular complexity index is 499. The second kappa shape index (κ2) is 4.30. The summed E-state index contributed by atoms with van der Waals surface area (Å²) in [6, 6.07) is 10.1. The van der Waals surface area contributed by atoms with Crippen LogP contribution in [0.25, 0.3) is 11.4 Å². The molecule has 1 aromatic heterocycles. The van der Waals surface area contributed by atoms with Gasteiger partial charge in [0.2, 0.25) is 0 Å². The van der Waals surface area contributed by atoms with E-state index in [1.807, 2.05) is 42.1 Å². The molecule has 2 aromatic rings. The van der Waals surface area contributed by atoms with Crippen LogP contribution in [0.3, 0.4) is 0 Å². The Morgan fingerprint density at radius 3 is 2.71 bits per heavy atom. The summed E-state index contributed by atoms with van der Waals surface area (Å²) in [6.07, 6.45) is 1.02. The minimum Gasteiger partial charge on any atom is -0.316 e. The highest BCUT2D eigenvalue weighted by Gasteiger charge is 2.20. The predicted molar refractivity (Wildman–Crippen MR) is 66.5 cm³/mol. The molecule has 0 unspecified atom stereocenters. The molecule has 1 N–H and O–H groups in total. The van der Waals surface area contributed by atoms with Crippen molar-refractivity contribution in [2.24, 2.45) is 13.0 Å². The zero-order chi connectivity index (χ0) is 11.7. The number of nitrogens with one attached hydrogen (secondary N) is 1. The molecule has 0 saturated carbocycles. The lowest BCUT2D eigenvalue weighted by atomic mass is 9.99. The van der Waals surface area contributed by atoms with Crippen LogP contribution in [0.1, 0.15) is 5.82 Å². The molecule has 1 aliphatic rings. The SMILES string of the molecule is Cn1nc(-c2ccccc2)nc1CC1CNC1. The average Bonchev–Trinajstić information content (AvgIpc) is 2.67. The number of hydrogen-bond acceptors (Lipinski definition) is 3. The maximum atomic E-state index is 4.63. The Morgan fingerprint density at radius 2 is 2.06 bits per heavy atom. The maximum absolute atomic E-state index is 4.63. The topological polar surface area (TPSA) is 42.7 Å². The summed E-state index contributed by atoms with van der Waals surface area (Å²) in [4.78, 5) is 4.63. The fourth-order valence-electron chi connectivity index (χ4n) is 2.06. The summed E-state index contributed by atoms with van der Waals surface area (Å²) in [7, 11) is 1.97. The third-order valence-electron chi connectivity index (χ3n) is 3.22. The second-order valence-electron chi connectivity index (χ2n) is 4.57. The highest BCUT2D eigenvalue weighted by atomic mass is 15.3. The minimum absolute atomic E-state index is 0.724. The van der Waals surface area contributed by atoms with E-state index in [4.69, 9.17) is 0 Å². The van der Waals surface area contributed by atoms with Gasteiger partial charge in [0.15, 0.2) is 5.82 Å². The molecule has 1 aromatic carbocycles. The highest BCUT2D eigenvalue weighted by Crippen LogP contribution is 2.17. The molecule has 0 spiro atoms. The molecular weight excluding hydrogens is 212 g/mol. The van der Waals surface area contributed by atoms with E-state index in [2.05, 4.69) is 15.4 Å². The van der Waals surface area contributed by atoms with E-state index in [0.29, 0.717) is 0 Å². The maximum Gasteiger partial charge on any atom is 0.181 e. The van der Waals surface area contributed by atoms with Crippen molar-refractivity contribution >= 4 is 0 Å². The zero-order valence-electron chi connectivity index (χ0n) is 9.93. The Kier molecular flexibility index (Phi) is 2.65. The predicted octanol–water partition coefficient (Wildman–Crippen LogP) is 1.24. The van der Waals surface area contributed by atoms with Gasteiger partial charge in [0.25, 0.3) is 0 Å². The monoisotopic (exact) mass is 228 g/mol. The number of rotatable bonds is 3. The van der Waals surface area contributed by atoms with Crippen molar-refractivity contribution in [1.29, 1.82) is 0 Å². The largest absolute Gasteiger partial charge is 0.316 e. The van der Waals surface area contributed by atoms with E-state index in [0.717, 1.165) is 42.6 Å². The van der Waals surface area contributed by atoms with Gasteiger partial charge in [-0.15, -0.1) is 0 Å². The van der Waals surface area contributed by atoms with E-state index in [1.165, 1.54) is 0 Å². The van der Waals surface area contributed by atoms with Crippen LogP contribution in [0.15, 0.2) is 30.3 Å². The molecule has 0 radical (unpaired) electrons. The van der Waals surface area contributed by atoms with E-state index in [1.54, 1.807) is 0 Å². The highest BCUT2D eigenvalue weighted by molar-refractivity contribution is 5.53. The van der Waals surface area contributed by atoms with Gasteiger partial charge in [-0.1, -0.05) is 30.3 Å². The molecule has 3 rings (SSSR count). The van der Waals surface area contributed by atoms with Gasteiger partial charge >= 0.3 is 0 Å². The number of aromatic nitrogens is 3. The lowest BCUT2D eigenvalue weighted by Crippen LogP contribution is -2.43. The van der Waals surface area contributed by atoms with Crippen molar-refractivity contribution in [3.63, 3.8) is 0 Å². The van der Waals surface area contributed by atoms with Crippen LogP contribution in [-0.2, 0) is 13.5 Å². The Morgan fingerprint density at radius 1 is 1.29 bits per heavy atom. The van der Waals surface area contributed by atoms with Crippen LogP contribution in [0.4, 0.5) is 0 Å². The number of aryl methyl sites for hydroxylation is 1. The van der Waals surface area contributed by atoms with Crippen LogP contribution in [0.5, 0.6) is 0 Å². The van der Waals surface area contributed by atoms with E-state index >= 15 is 0 Å². The van der Waals surface area contributed by atoms with Crippen LogP contribution >= 0.6 is 0 Å². The molecule has 1 saturated heterocycles. The normalized spacial score (nSPS) is 15.8. The summed E-state index contributed by atoms with van der Waals surface area (Å²) in [5.74, 6) is 2.63. The summed E-state index contributed by atoms with van der Waals surface area (Å²) < 4.78 is 1.90. The molecule has 0 amide bonds. The molecule has 0 bridgehead atoms. The molecule has 2 heterocycles. The number of nitrogens with zero attached hydrogens (tertiary/aromatic N) is 3. The summed E-state index contributed by atoms with van der Waals surface area (Å²) in [5, 5.41) is 7.76. The molecule has 1 fully saturated rings. The molecule has 17 heavy (non-hydrogen) atoms. The first-order valence-corrected chi connectivity index (χ1v) is 5.99. The zero-order valence-corrected chi connectivity index (χ0v) is 9.93. The second-order valence-corrected chi connectivity index (χ2v) is 4.57. The summed E-state index contributed by atoms with van der Waals surface area (Å²) in [5.41, 5.74) is 1.08. The third kappa shape index (κ3) is 2.08. The van der Waals surface area contributed by atoms with Crippen LogP contribution < -0.4 is 5.32 Å². The van der Waals surface area contributed by atoms with E-state index in [-0.39, 0.29) is 0 Å². The summed E-state index contributed by atoms with van der Waals surface area (Å²) in [6.45, 7) is 2.21. The van der Waals surface area contributed by atoms with Gasteiger partial charge in [0.05, 0.1) is 0 Å². The van der Waals surface area contributed by atoms with Crippen molar-refractivity contribution in [1.82, 2.24) is 20.1 Å². The van der Waals surface area contributed by atoms with Crippen molar-refractivity contribution in [2.45, 2.75) is 6.42 Å². The Labute approximate surface area is 101 Å². The molecule has 4 nitrogen and oxygen atoms in total. The van der Waals surface area contributed by atoms with E-state index < -0.39 is 0 Å². The standard InChI is InChI=1S/C13H16N4/c1-17-12(7-10-8-14-9-10)15-13(16-17)11-5-3-2-4-6-11/h2-6,10,14H,7-9H2,1H3. The minimum atomic E-state index is 0.724. The smallest absolute Gasteiger partial charge is 0.181 e. The number of hydrogen-bond donors (Lipinski definition) is 1. The first-order chi connectivity index (χ1) is 8.33. The van der Waals surface area contributed by atoms with Gasteiger partial charge in [0.1, 0.15) is 5.82 Å². The molecule has 0 atom stereocenters. The fourth-order valence-corrected chi connectivity index (χ4v) is 2.06. The van der Waals surface area contributed by atoms with E-state index in [9.17, 15) is 0 Å². The Hall–Kier alpha value is -1.68. The molecular formula is C13H16N4. The van der Waals surface area contributed by atoms with Gasteiger partial charge in [-0.3, -0.25) is 4.68 Å². The van der Waals surface area contributed by atoms with Crippen molar-refractivity contribution in [3.8, 4) is 11.4 Å². The molecule has 88 valence electrons. The quantitative estimate of drug-likeness (QED) is 0.859. The average molecular weight is 228 g/mol. The van der Waals surface area contributed by atoms with Crippen LogP contribution in [0.2, 0.25) is 0 Å². The first-order valence-electron chi connectivity index (χ1n) is 5.99. The van der Waals surface area contributed by atoms with Crippen molar-refractivity contribution in [2.75, 3.05) is 13.1 Å². The Balaban J connectivity index is 1.84. The van der Waals surface area contributed by atoms with Gasteiger partial charge < -0.3 is 5.32 Å². The van der Waals surface area contributed by atoms with Gasteiger partial charge in [0, 0.05) is 19.0 Å². The lowest BCUT2D eigenvalue weighted by Gasteiger charge is -2.26. The van der Waals surface area contributed by atoms with Crippen molar-refractivity contribution in [3.05, 3.63) is 36.2 Å². The fraction of sp³-hybridized carbons (Fsp3) is 0.385. The molecule has 4 heteroatoms.